The van der Waals surface area contributed by atoms with Crippen LogP contribution in [0.15, 0.2) is 54.6 Å². The molecule has 8 heteroatoms. The van der Waals surface area contributed by atoms with Crippen LogP contribution in [0.1, 0.15) is 12.8 Å². The fourth-order valence-corrected chi connectivity index (χ4v) is 3.12. The Morgan fingerprint density at radius 1 is 0.966 bits per heavy atom. The number of halogens is 3. The Hall–Kier alpha value is -2.90. The summed E-state index contributed by atoms with van der Waals surface area (Å²) in [7, 11) is 0. The van der Waals surface area contributed by atoms with Crippen molar-refractivity contribution in [3.8, 4) is 11.5 Å². The number of nitrogens with zero attached hydrogens (tertiary/aromatic N) is 1. The van der Waals surface area contributed by atoms with Gasteiger partial charge in [0.15, 0.2) is 24.7 Å². The summed E-state index contributed by atoms with van der Waals surface area (Å²) in [5.74, 6) is -0.122. The number of rotatable bonds is 7. The van der Waals surface area contributed by atoms with Crippen LogP contribution in [-0.4, -0.2) is 49.3 Å². The van der Waals surface area contributed by atoms with Gasteiger partial charge in [0.05, 0.1) is 0 Å². The van der Waals surface area contributed by atoms with Crippen molar-refractivity contribution < 1.29 is 27.4 Å². The first-order valence-electron chi connectivity index (χ1n) is 9.41. The minimum absolute atomic E-state index is 0.0385. The Morgan fingerprint density at radius 2 is 1.55 bits per heavy atom. The molecule has 1 amide bonds. The highest BCUT2D eigenvalue weighted by atomic mass is 19.4. The van der Waals surface area contributed by atoms with E-state index in [4.69, 9.17) is 9.47 Å². The number of anilines is 1. The zero-order valence-electron chi connectivity index (χ0n) is 15.8. The first-order chi connectivity index (χ1) is 13.9. The van der Waals surface area contributed by atoms with Gasteiger partial charge in [-0.15, -0.1) is 0 Å². The summed E-state index contributed by atoms with van der Waals surface area (Å²) < 4.78 is 47.3. The van der Waals surface area contributed by atoms with Crippen molar-refractivity contribution in [2.75, 3.05) is 31.6 Å². The number of alkyl halides is 3. The highest BCUT2D eigenvalue weighted by Gasteiger charge is 2.29. The maximum absolute atomic E-state index is 12.4. The molecule has 2 aromatic carbocycles. The number of likely N-dealkylation sites (tertiary alicyclic amines) is 1. The summed E-state index contributed by atoms with van der Waals surface area (Å²) in [6, 6.07) is 16.2. The molecule has 1 saturated heterocycles. The summed E-state index contributed by atoms with van der Waals surface area (Å²) in [5.41, 5.74) is 1.05. The highest BCUT2D eigenvalue weighted by molar-refractivity contribution is 5.78. The Bertz CT molecular complexity index is 791. The molecule has 5 nitrogen and oxygen atoms in total. The number of hydrogen-bond donors (Lipinski definition) is 1. The zero-order valence-corrected chi connectivity index (χ0v) is 15.8. The van der Waals surface area contributed by atoms with E-state index in [0.29, 0.717) is 19.1 Å². The van der Waals surface area contributed by atoms with Gasteiger partial charge >= 0.3 is 6.18 Å². The van der Waals surface area contributed by atoms with E-state index in [9.17, 15) is 18.0 Å². The first-order valence-corrected chi connectivity index (χ1v) is 9.41. The van der Waals surface area contributed by atoms with Crippen molar-refractivity contribution in [1.29, 1.82) is 0 Å². The molecule has 0 bridgehead atoms. The van der Waals surface area contributed by atoms with Gasteiger partial charge in [-0.25, -0.2) is 0 Å². The average molecular weight is 408 g/mol. The highest BCUT2D eigenvalue weighted by Crippen LogP contribution is 2.28. The van der Waals surface area contributed by atoms with Crippen LogP contribution in [0.4, 0.5) is 18.9 Å². The van der Waals surface area contributed by atoms with Crippen LogP contribution >= 0.6 is 0 Å². The number of piperidine rings is 1. The van der Waals surface area contributed by atoms with Gasteiger partial charge in [-0.2, -0.15) is 13.2 Å². The van der Waals surface area contributed by atoms with E-state index in [1.165, 1.54) is 12.1 Å². The van der Waals surface area contributed by atoms with Crippen LogP contribution in [-0.2, 0) is 4.79 Å². The molecule has 0 aliphatic carbocycles. The number of benzene rings is 2. The molecule has 3 rings (SSSR count). The van der Waals surface area contributed by atoms with Gasteiger partial charge in [-0.05, 0) is 37.1 Å². The molecule has 156 valence electrons. The van der Waals surface area contributed by atoms with Crippen LogP contribution in [0.5, 0.6) is 11.5 Å². The molecule has 1 fully saturated rings. The summed E-state index contributed by atoms with van der Waals surface area (Å²) in [5, 5.41) is 3.45. The molecule has 0 unspecified atom stereocenters. The van der Waals surface area contributed by atoms with Gasteiger partial charge in [-0.3, -0.25) is 4.79 Å². The average Bonchev–Trinajstić information content (AvgIpc) is 2.72. The zero-order chi connectivity index (χ0) is 20.7. The first kappa shape index (κ1) is 20.8. The molecule has 1 aliphatic rings. The van der Waals surface area contributed by atoms with Crippen LogP contribution in [0, 0.1) is 0 Å². The van der Waals surface area contributed by atoms with Crippen LogP contribution in [0.25, 0.3) is 0 Å². The van der Waals surface area contributed by atoms with Gasteiger partial charge in [-0.1, -0.05) is 30.3 Å². The molecule has 29 heavy (non-hydrogen) atoms. The summed E-state index contributed by atoms with van der Waals surface area (Å²) >= 11 is 0. The molecule has 1 heterocycles. The van der Waals surface area contributed by atoms with Gasteiger partial charge < -0.3 is 19.7 Å². The smallest absolute Gasteiger partial charge is 0.422 e. The number of carbonyl (C=O) groups excluding carboxylic acids is 1. The van der Waals surface area contributed by atoms with Crippen molar-refractivity contribution >= 4 is 11.6 Å². The normalized spacial score (nSPS) is 15.1. The lowest BCUT2D eigenvalue weighted by molar-refractivity contribution is -0.153. The molecular formula is C21H23F3N2O3. The number of para-hydroxylation sites is 3. The lowest BCUT2D eigenvalue weighted by Crippen LogP contribution is -2.44. The van der Waals surface area contributed by atoms with Crippen molar-refractivity contribution in [2.24, 2.45) is 0 Å². The third-order valence-corrected chi connectivity index (χ3v) is 4.58. The SMILES string of the molecule is O=C(COc1ccccc1OCC(F)(F)F)N1CCC(Nc2ccccc2)CC1. The largest absolute Gasteiger partial charge is 0.480 e. The third-order valence-electron chi connectivity index (χ3n) is 4.58. The molecule has 0 radical (unpaired) electrons. The Balaban J connectivity index is 1.46. The lowest BCUT2D eigenvalue weighted by atomic mass is 10.0. The van der Waals surface area contributed by atoms with Crippen molar-refractivity contribution in [3.05, 3.63) is 54.6 Å². The number of nitrogens with one attached hydrogen (secondary N) is 1. The van der Waals surface area contributed by atoms with Gasteiger partial charge in [0.1, 0.15) is 0 Å². The molecule has 0 spiro atoms. The second-order valence-corrected chi connectivity index (χ2v) is 6.80. The predicted octanol–water partition coefficient (Wildman–Crippen LogP) is 4.11. The molecule has 1 aliphatic heterocycles. The quantitative estimate of drug-likeness (QED) is 0.749. The summed E-state index contributed by atoms with van der Waals surface area (Å²) in [6.45, 7) is -0.468. The van der Waals surface area contributed by atoms with Gasteiger partial charge in [0, 0.05) is 24.8 Å². The fourth-order valence-electron chi connectivity index (χ4n) is 3.12. The van der Waals surface area contributed by atoms with Crippen molar-refractivity contribution in [2.45, 2.75) is 25.1 Å². The van der Waals surface area contributed by atoms with Crippen LogP contribution in [0.2, 0.25) is 0 Å². The molecule has 0 saturated carbocycles. The molecule has 0 aromatic heterocycles. The topological polar surface area (TPSA) is 50.8 Å². The van der Waals surface area contributed by atoms with E-state index in [1.807, 2.05) is 30.3 Å². The molecule has 2 aromatic rings. The molecule has 1 N–H and O–H groups in total. The minimum atomic E-state index is -4.44. The van der Waals surface area contributed by atoms with E-state index in [-0.39, 0.29) is 24.0 Å². The van der Waals surface area contributed by atoms with E-state index in [1.54, 1.807) is 17.0 Å². The van der Waals surface area contributed by atoms with Gasteiger partial charge in [0.25, 0.3) is 5.91 Å². The minimum Gasteiger partial charge on any atom is -0.480 e. The van der Waals surface area contributed by atoms with E-state index >= 15 is 0 Å². The number of amides is 1. The lowest BCUT2D eigenvalue weighted by Gasteiger charge is -2.33. The van der Waals surface area contributed by atoms with Crippen LogP contribution in [0.3, 0.4) is 0 Å². The number of hydrogen-bond acceptors (Lipinski definition) is 4. The maximum atomic E-state index is 12.4. The summed E-state index contributed by atoms with van der Waals surface area (Å²) in [4.78, 5) is 14.1. The van der Waals surface area contributed by atoms with E-state index < -0.39 is 12.8 Å². The van der Waals surface area contributed by atoms with E-state index in [0.717, 1.165) is 18.5 Å². The van der Waals surface area contributed by atoms with Crippen molar-refractivity contribution in [1.82, 2.24) is 4.90 Å². The number of ether oxygens (including phenoxy) is 2. The van der Waals surface area contributed by atoms with E-state index in [2.05, 4.69) is 5.32 Å². The molecule has 0 atom stereocenters. The standard InChI is InChI=1S/C21H23F3N2O3/c22-21(23,24)15-29-19-9-5-4-8-18(19)28-14-20(27)26-12-10-17(11-13-26)25-16-6-2-1-3-7-16/h1-9,17,25H,10-15H2. The number of carbonyl (C=O) groups is 1. The fraction of sp³-hybridized carbons (Fsp3) is 0.381. The monoisotopic (exact) mass is 408 g/mol. The summed E-state index contributed by atoms with van der Waals surface area (Å²) in [6.07, 6.45) is -2.82. The molecular weight excluding hydrogens is 385 g/mol. The maximum Gasteiger partial charge on any atom is 0.422 e. The van der Waals surface area contributed by atoms with Crippen molar-refractivity contribution in [3.63, 3.8) is 0 Å². The second-order valence-electron chi connectivity index (χ2n) is 6.80. The Kier molecular flexibility index (Phi) is 6.85. The Labute approximate surface area is 167 Å². The third kappa shape index (κ3) is 6.58. The van der Waals surface area contributed by atoms with Gasteiger partial charge in [0.2, 0.25) is 0 Å². The Morgan fingerprint density at radius 3 is 2.17 bits per heavy atom. The second kappa shape index (κ2) is 9.54. The van der Waals surface area contributed by atoms with Crippen LogP contribution < -0.4 is 14.8 Å². The predicted molar refractivity (Wildman–Crippen MR) is 103 cm³/mol.